The van der Waals surface area contributed by atoms with E-state index in [-0.39, 0.29) is 30.4 Å². The fourth-order valence-corrected chi connectivity index (χ4v) is 4.83. The molecular formula is C19H28N4O3S2. The number of amides is 1. The van der Waals surface area contributed by atoms with E-state index in [4.69, 9.17) is 4.42 Å². The Hall–Kier alpha value is -1.42. The summed E-state index contributed by atoms with van der Waals surface area (Å²) < 4.78 is 6.82. The second-order valence-corrected chi connectivity index (χ2v) is 10.1. The first-order valence-electron chi connectivity index (χ1n) is 9.55. The van der Waals surface area contributed by atoms with Gasteiger partial charge >= 0.3 is 0 Å². The van der Waals surface area contributed by atoms with E-state index in [9.17, 15) is 9.90 Å². The summed E-state index contributed by atoms with van der Waals surface area (Å²) in [6, 6.07) is 0. The monoisotopic (exact) mass is 424 g/mol. The number of aliphatic hydroxyl groups is 1. The van der Waals surface area contributed by atoms with Crippen LogP contribution in [0, 0.1) is 5.92 Å². The van der Waals surface area contributed by atoms with Gasteiger partial charge in [0.1, 0.15) is 5.76 Å². The van der Waals surface area contributed by atoms with E-state index >= 15 is 0 Å². The van der Waals surface area contributed by atoms with E-state index in [2.05, 4.69) is 36.1 Å². The molecule has 1 fully saturated rings. The lowest BCUT2D eigenvalue weighted by atomic mass is 9.94. The van der Waals surface area contributed by atoms with E-state index in [0.29, 0.717) is 16.8 Å². The van der Waals surface area contributed by atoms with Gasteiger partial charge in [-0.2, -0.15) is 0 Å². The zero-order valence-electron chi connectivity index (χ0n) is 16.6. The number of carbonyl (C=O) groups excluding carboxylic acids is 1. The van der Waals surface area contributed by atoms with Gasteiger partial charge in [0.05, 0.1) is 35.5 Å². The number of oxazole rings is 1. The number of aliphatic hydroxyl groups excluding tert-OH is 1. The van der Waals surface area contributed by atoms with E-state index < -0.39 is 0 Å². The Kier molecular flexibility index (Phi) is 7.14. The van der Waals surface area contributed by atoms with Crippen molar-refractivity contribution in [2.45, 2.75) is 49.0 Å². The van der Waals surface area contributed by atoms with Gasteiger partial charge in [-0.25, -0.2) is 9.97 Å². The minimum atomic E-state index is -0.0787. The number of nitrogens with one attached hydrogen (secondary N) is 1. The van der Waals surface area contributed by atoms with Gasteiger partial charge in [0, 0.05) is 11.3 Å². The van der Waals surface area contributed by atoms with Gasteiger partial charge in [-0.05, 0) is 25.9 Å². The lowest BCUT2D eigenvalue weighted by Crippen LogP contribution is -2.42. The molecule has 0 atom stereocenters. The van der Waals surface area contributed by atoms with Crippen LogP contribution in [0.5, 0.6) is 0 Å². The molecule has 0 unspecified atom stereocenters. The molecule has 2 aromatic rings. The van der Waals surface area contributed by atoms with Crippen molar-refractivity contribution in [3.8, 4) is 0 Å². The predicted molar refractivity (Wildman–Crippen MR) is 112 cm³/mol. The lowest BCUT2D eigenvalue weighted by molar-refractivity contribution is -0.123. The Morgan fingerprint density at radius 2 is 2.11 bits per heavy atom. The van der Waals surface area contributed by atoms with Crippen LogP contribution < -0.4 is 10.2 Å². The molecule has 9 heteroatoms. The number of piperidine rings is 1. The van der Waals surface area contributed by atoms with Gasteiger partial charge < -0.3 is 14.8 Å². The van der Waals surface area contributed by atoms with Crippen LogP contribution in [0.4, 0.5) is 5.13 Å². The molecule has 0 spiro atoms. The molecular weight excluding hydrogens is 396 g/mol. The highest BCUT2D eigenvalue weighted by molar-refractivity contribution is 8.00. The van der Waals surface area contributed by atoms with Gasteiger partial charge in [0.2, 0.25) is 11.8 Å². The molecule has 28 heavy (non-hydrogen) atoms. The standard InChI is InChI=1S/C19H28N4O3S2/c1-19(2,3)14-10-21-15(26-14)12-27-16-11-22-18(28-16)23(8-9-24)17(25)13-4-6-20-7-5-13/h10-11,13,20,24H,4-9,12H2,1-3H3. The molecule has 1 amide bonds. The number of hydrogen-bond acceptors (Lipinski definition) is 8. The minimum Gasteiger partial charge on any atom is -0.444 e. The topological polar surface area (TPSA) is 91.5 Å². The fraction of sp³-hybridized carbons (Fsp3) is 0.632. The first-order valence-corrected chi connectivity index (χ1v) is 11.4. The van der Waals surface area contributed by atoms with E-state index in [1.54, 1.807) is 29.1 Å². The summed E-state index contributed by atoms with van der Waals surface area (Å²) in [6.07, 6.45) is 5.22. The van der Waals surface area contributed by atoms with Crippen LogP contribution in [0.3, 0.4) is 0 Å². The summed E-state index contributed by atoms with van der Waals surface area (Å²) in [5, 5.41) is 13.3. The van der Waals surface area contributed by atoms with Crippen molar-refractivity contribution in [1.29, 1.82) is 0 Å². The van der Waals surface area contributed by atoms with E-state index in [1.165, 1.54) is 11.3 Å². The van der Waals surface area contributed by atoms with Crippen molar-refractivity contribution < 1.29 is 14.3 Å². The number of anilines is 1. The Morgan fingerprint density at radius 1 is 1.36 bits per heavy atom. The molecule has 154 valence electrons. The average Bonchev–Trinajstić information content (AvgIpc) is 3.34. The lowest BCUT2D eigenvalue weighted by Gasteiger charge is -2.27. The highest BCUT2D eigenvalue weighted by atomic mass is 32.2. The van der Waals surface area contributed by atoms with Crippen LogP contribution in [-0.4, -0.2) is 47.2 Å². The fourth-order valence-electron chi connectivity index (χ4n) is 2.99. The number of thiazole rings is 1. The Balaban J connectivity index is 1.63. The summed E-state index contributed by atoms with van der Waals surface area (Å²) in [5.74, 6) is 2.22. The Morgan fingerprint density at radius 3 is 2.75 bits per heavy atom. The van der Waals surface area contributed by atoms with Crippen LogP contribution in [0.15, 0.2) is 21.0 Å². The molecule has 1 aliphatic rings. The molecule has 3 rings (SSSR count). The van der Waals surface area contributed by atoms with Crippen molar-refractivity contribution >= 4 is 34.1 Å². The summed E-state index contributed by atoms with van der Waals surface area (Å²) in [7, 11) is 0. The molecule has 0 radical (unpaired) electrons. The highest BCUT2D eigenvalue weighted by Gasteiger charge is 2.28. The van der Waals surface area contributed by atoms with Crippen molar-refractivity contribution in [2.24, 2.45) is 5.92 Å². The number of nitrogens with zero attached hydrogens (tertiary/aromatic N) is 3. The Labute approximate surface area is 173 Å². The molecule has 0 aliphatic carbocycles. The molecule has 1 aliphatic heterocycles. The number of thioether (sulfide) groups is 1. The van der Waals surface area contributed by atoms with Gasteiger partial charge in [-0.15, -0.1) is 11.8 Å². The van der Waals surface area contributed by atoms with Crippen molar-refractivity contribution in [1.82, 2.24) is 15.3 Å². The van der Waals surface area contributed by atoms with Crippen molar-refractivity contribution in [3.63, 3.8) is 0 Å². The average molecular weight is 425 g/mol. The first kappa shape index (κ1) is 21.3. The Bertz CT molecular complexity index is 778. The van der Waals surface area contributed by atoms with Crippen LogP contribution in [-0.2, 0) is 16.0 Å². The maximum Gasteiger partial charge on any atom is 0.232 e. The largest absolute Gasteiger partial charge is 0.444 e. The first-order chi connectivity index (χ1) is 13.4. The van der Waals surface area contributed by atoms with Gasteiger partial charge in [0.25, 0.3) is 0 Å². The SMILES string of the molecule is CC(C)(C)c1cnc(CSc2cnc(N(CCO)C(=O)C3CCNCC3)s2)o1. The molecule has 1 saturated heterocycles. The summed E-state index contributed by atoms with van der Waals surface area (Å²) in [5.41, 5.74) is -0.0621. The van der Waals surface area contributed by atoms with Crippen molar-refractivity contribution in [3.05, 3.63) is 24.0 Å². The normalized spacial score (nSPS) is 15.7. The summed E-state index contributed by atoms with van der Waals surface area (Å²) in [6.45, 7) is 8.18. The number of rotatable bonds is 7. The zero-order valence-corrected chi connectivity index (χ0v) is 18.2. The molecule has 2 N–H and O–H groups in total. The second-order valence-electron chi connectivity index (χ2n) is 7.86. The maximum absolute atomic E-state index is 12.9. The van der Waals surface area contributed by atoms with Gasteiger partial charge in [-0.1, -0.05) is 32.1 Å². The number of aromatic nitrogens is 2. The van der Waals surface area contributed by atoms with E-state index in [0.717, 1.165) is 35.9 Å². The van der Waals surface area contributed by atoms with E-state index in [1.807, 2.05) is 0 Å². The van der Waals surface area contributed by atoms with Crippen LogP contribution in [0.25, 0.3) is 0 Å². The smallest absolute Gasteiger partial charge is 0.232 e. The van der Waals surface area contributed by atoms with Gasteiger partial charge in [-0.3, -0.25) is 9.69 Å². The predicted octanol–water partition coefficient (Wildman–Crippen LogP) is 3.05. The number of hydrogen-bond donors (Lipinski definition) is 2. The van der Waals surface area contributed by atoms with Crippen LogP contribution >= 0.6 is 23.1 Å². The quantitative estimate of drug-likeness (QED) is 0.660. The molecule has 0 aromatic carbocycles. The zero-order chi connectivity index (χ0) is 20.1. The molecule has 3 heterocycles. The summed E-state index contributed by atoms with van der Waals surface area (Å²) >= 11 is 3.06. The second kappa shape index (κ2) is 9.39. The molecule has 7 nitrogen and oxygen atoms in total. The third-order valence-electron chi connectivity index (χ3n) is 4.61. The molecule has 0 saturated carbocycles. The van der Waals surface area contributed by atoms with Crippen LogP contribution in [0.2, 0.25) is 0 Å². The maximum atomic E-state index is 12.9. The minimum absolute atomic E-state index is 0.00376. The van der Waals surface area contributed by atoms with Crippen molar-refractivity contribution in [2.75, 3.05) is 31.1 Å². The van der Waals surface area contributed by atoms with Gasteiger partial charge in [0.15, 0.2) is 5.13 Å². The number of carbonyl (C=O) groups is 1. The molecule has 2 aromatic heterocycles. The van der Waals surface area contributed by atoms with Crippen LogP contribution in [0.1, 0.15) is 45.3 Å². The highest BCUT2D eigenvalue weighted by Crippen LogP contribution is 2.34. The third kappa shape index (κ3) is 5.34. The third-order valence-corrected chi connectivity index (χ3v) is 6.81. The molecule has 0 bridgehead atoms. The summed E-state index contributed by atoms with van der Waals surface area (Å²) in [4.78, 5) is 23.3.